The van der Waals surface area contributed by atoms with Crippen LogP contribution in [-0.2, 0) is 33.2 Å². The van der Waals surface area contributed by atoms with Gasteiger partial charge in [0.15, 0.2) is 12.6 Å². The number of aliphatic hydroxyl groups excluding tert-OH is 7. The summed E-state index contributed by atoms with van der Waals surface area (Å²) >= 11 is 0. The Morgan fingerprint density at radius 1 is 0.471 bits per heavy atom. The molecule has 0 aromatic carbocycles. The third kappa shape index (κ3) is 29.3. The van der Waals surface area contributed by atoms with Crippen molar-refractivity contribution in [1.29, 1.82) is 0 Å². The molecule has 0 amide bonds. The third-order valence-corrected chi connectivity index (χ3v) is 13.5. The molecular formula is C54H102O14. The Morgan fingerprint density at radius 3 is 1.38 bits per heavy atom. The second-order valence-electron chi connectivity index (χ2n) is 19.8. The van der Waals surface area contributed by atoms with E-state index in [9.17, 15) is 40.5 Å². The van der Waals surface area contributed by atoms with Crippen molar-refractivity contribution >= 4 is 5.97 Å². The van der Waals surface area contributed by atoms with Crippen LogP contribution in [0.15, 0.2) is 12.2 Å². The van der Waals surface area contributed by atoms with Gasteiger partial charge in [0.05, 0.1) is 26.4 Å². The first-order valence-corrected chi connectivity index (χ1v) is 27.8. The number of carbonyl (C=O) groups is 1. The Morgan fingerprint density at radius 2 is 0.882 bits per heavy atom. The van der Waals surface area contributed by atoms with Gasteiger partial charge in [0.1, 0.15) is 54.9 Å². The lowest BCUT2D eigenvalue weighted by molar-refractivity contribution is -0.332. The highest BCUT2D eigenvalue weighted by molar-refractivity contribution is 5.69. The summed E-state index contributed by atoms with van der Waals surface area (Å²) in [4.78, 5) is 13.0. The number of esters is 1. The fourth-order valence-corrected chi connectivity index (χ4v) is 8.97. The summed E-state index contributed by atoms with van der Waals surface area (Å²) in [6.45, 7) is 3.68. The molecule has 0 aromatic heterocycles. The maximum absolute atomic E-state index is 13.0. The zero-order valence-corrected chi connectivity index (χ0v) is 42.9. The van der Waals surface area contributed by atoms with Gasteiger partial charge >= 0.3 is 5.97 Å². The van der Waals surface area contributed by atoms with Crippen molar-refractivity contribution < 1.29 is 69.0 Å². The number of carbonyl (C=O) groups excluding carboxylic acids is 1. The molecule has 0 saturated carbocycles. The van der Waals surface area contributed by atoms with E-state index in [1.54, 1.807) is 0 Å². The number of aliphatic hydroxyl groups is 7. The average molecular weight is 975 g/mol. The van der Waals surface area contributed by atoms with Crippen LogP contribution in [0.2, 0.25) is 0 Å². The van der Waals surface area contributed by atoms with Crippen molar-refractivity contribution in [1.82, 2.24) is 0 Å². The van der Waals surface area contributed by atoms with Gasteiger partial charge in [-0.05, 0) is 32.1 Å². The van der Waals surface area contributed by atoms with Gasteiger partial charge in [0.2, 0.25) is 0 Å². The van der Waals surface area contributed by atoms with Crippen LogP contribution in [0.3, 0.4) is 0 Å². The van der Waals surface area contributed by atoms with E-state index in [1.165, 1.54) is 154 Å². The summed E-state index contributed by atoms with van der Waals surface area (Å²) in [6.07, 6.45) is 28.5. The van der Waals surface area contributed by atoms with Crippen LogP contribution in [0.1, 0.15) is 226 Å². The predicted molar refractivity (Wildman–Crippen MR) is 266 cm³/mol. The molecule has 68 heavy (non-hydrogen) atoms. The Balaban J connectivity index is 1.70. The minimum Gasteiger partial charge on any atom is -0.457 e. The van der Waals surface area contributed by atoms with Gasteiger partial charge in [-0.15, -0.1) is 0 Å². The summed E-state index contributed by atoms with van der Waals surface area (Å²) in [5, 5.41) is 72.2. The van der Waals surface area contributed by atoms with E-state index in [1.807, 2.05) is 0 Å². The molecule has 0 spiro atoms. The van der Waals surface area contributed by atoms with E-state index in [2.05, 4.69) is 26.0 Å². The van der Waals surface area contributed by atoms with Gasteiger partial charge in [-0.3, -0.25) is 4.79 Å². The van der Waals surface area contributed by atoms with E-state index in [0.29, 0.717) is 13.0 Å². The first-order chi connectivity index (χ1) is 33.1. The molecule has 11 atom stereocenters. The molecule has 2 heterocycles. The number of allylic oxidation sites excluding steroid dienone is 2. The summed E-state index contributed by atoms with van der Waals surface area (Å²) in [5.41, 5.74) is 0. The quantitative estimate of drug-likeness (QED) is 0.0172. The molecule has 2 aliphatic heterocycles. The van der Waals surface area contributed by atoms with Crippen molar-refractivity contribution in [3.8, 4) is 0 Å². The van der Waals surface area contributed by atoms with Gasteiger partial charge in [0, 0.05) is 13.0 Å². The summed E-state index contributed by atoms with van der Waals surface area (Å²) in [5.74, 6) is -0.373. The van der Waals surface area contributed by atoms with Crippen molar-refractivity contribution in [2.24, 2.45) is 0 Å². The second kappa shape index (κ2) is 42.3. The van der Waals surface area contributed by atoms with Crippen molar-refractivity contribution in [3.63, 3.8) is 0 Å². The smallest absolute Gasteiger partial charge is 0.306 e. The molecule has 7 N–H and O–H groups in total. The van der Waals surface area contributed by atoms with E-state index in [-0.39, 0.29) is 25.6 Å². The Labute approximate surface area is 412 Å². The van der Waals surface area contributed by atoms with Crippen molar-refractivity contribution in [3.05, 3.63) is 12.2 Å². The Bertz CT molecular complexity index is 1180. The predicted octanol–water partition coefficient (Wildman–Crippen LogP) is 9.02. The minimum atomic E-state index is -1.70. The largest absolute Gasteiger partial charge is 0.457 e. The van der Waals surface area contributed by atoms with Crippen LogP contribution in [0.5, 0.6) is 0 Å². The van der Waals surface area contributed by atoms with Crippen LogP contribution in [0, 0.1) is 0 Å². The lowest BCUT2D eigenvalue weighted by atomic mass is 9.98. The molecule has 0 aromatic rings. The van der Waals surface area contributed by atoms with Crippen LogP contribution >= 0.6 is 0 Å². The Kier molecular flexibility index (Phi) is 39.1. The fraction of sp³-hybridized carbons (Fsp3) is 0.944. The molecule has 14 nitrogen and oxygen atoms in total. The maximum atomic E-state index is 13.0. The second-order valence-corrected chi connectivity index (χ2v) is 19.8. The van der Waals surface area contributed by atoms with Gasteiger partial charge in [-0.25, -0.2) is 0 Å². The molecule has 2 fully saturated rings. The molecule has 2 aliphatic rings. The van der Waals surface area contributed by atoms with Crippen LogP contribution in [0.4, 0.5) is 0 Å². The van der Waals surface area contributed by atoms with Gasteiger partial charge in [-0.2, -0.15) is 0 Å². The minimum absolute atomic E-state index is 0.0626. The van der Waals surface area contributed by atoms with E-state index in [0.717, 1.165) is 44.9 Å². The lowest BCUT2D eigenvalue weighted by Gasteiger charge is -2.42. The standard InChI is InChI=1S/C54H102O14/c1-3-5-7-9-11-13-15-17-18-19-20-21-22-23-24-25-26-27-29-31-33-35-37-46(56)66-43(40-63-38-36-34-32-30-28-16-14-12-10-8-6-4-2)41-64-53-52(62)50(60)48(58)45(68-53)42-65-54-51(61)49(59)47(57)44(39-55)67-54/h10,12,43-45,47-55,57-62H,3-9,11,13-42H2,1-2H3/b12-10-. The number of rotatable bonds is 45. The van der Waals surface area contributed by atoms with Gasteiger partial charge in [-0.1, -0.05) is 199 Å². The monoisotopic (exact) mass is 975 g/mol. The molecule has 2 saturated heterocycles. The molecule has 0 radical (unpaired) electrons. The van der Waals surface area contributed by atoms with E-state index < -0.39 is 80.7 Å². The van der Waals surface area contributed by atoms with E-state index in [4.69, 9.17) is 28.4 Å². The number of ether oxygens (including phenoxy) is 6. The summed E-state index contributed by atoms with van der Waals surface area (Å²) in [6, 6.07) is 0. The zero-order valence-electron chi connectivity index (χ0n) is 42.9. The Hall–Kier alpha value is -1.27. The topological polar surface area (TPSA) is 214 Å². The highest BCUT2D eigenvalue weighted by Gasteiger charge is 2.47. The SMILES string of the molecule is CCCC/C=C\CCCCCCCCOCC(COC1OC(COC2OC(CO)C(O)C(O)C2O)C(O)C(O)C1O)OC(=O)CCCCCCCCCCCCCCCCCCCCCCCC. The first kappa shape index (κ1) is 62.8. The normalized spacial score (nSPS) is 25.9. The molecule has 11 unspecified atom stereocenters. The first-order valence-electron chi connectivity index (χ1n) is 27.8. The van der Waals surface area contributed by atoms with E-state index >= 15 is 0 Å². The molecule has 0 aliphatic carbocycles. The van der Waals surface area contributed by atoms with Crippen LogP contribution in [-0.4, -0.2) is 142 Å². The number of hydrogen-bond donors (Lipinski definition) is 7. The number of unbranched alkanes of at least 4 members (excludes halogenated alkanes) is 29. The van der Waals surface area contributed by atoms with Crippen LogP contribution in [0.25, 0.3) is 0 Å². The average Bonchev–Trinajstić information content (AvgIpc) is 3.33. The lowest BCUT2D eigenvalue weighted by Crippen LogP contribution is -2.61. The highest BCUT2D eigenvalue weighted by atomic mass is 16.7. The fourth-order valence-electron chi connectivity index (χ4n) is 8.97. The summed E-state index contributed by atoms with van der Waals surface area (Å²) < 4.78 is 34.3. The zero-order chi connectivity index (χ0) is 49.5. The summed E-state index contributed by atoms with van der Waals surface area (Å²) in [7, 11) is 0. The highest BCUT2D eigenvalue weighted by Crippen LogP contribution is 2.27. The van der Waals surface area contributed by atoms with Crippen LogP contribution < -0.4 is 0 Å². The van der Waals surface area contributed by atoms with Crippen molar-refractivity contribution in [2.75, 3.05) is 33.0 Å². The molecular weight excluding hydrogens is 873 g/mol. The van der Waals surface area contributed by atoms with Gasteiger partial charge < -0.3 is 64.2 Å². The number of hydrogen-bond acceptors (Lipinski definition) is 14. The molecule has 14 heteroatoms. The van der Waals surface area contributed by atoms with Gasteiger partial charge in [0.25, 0.3) is 0 Å². The third-order valence-electron chi connectivity index (χ3n) is 13.5. The van der Waals surface area contributed by atoms with Crippen molar-refractivity contribution in [2.45, 2.75) is 293 Å². The molecule has 0 bridgehead atoms. The molecule has 2 rings (SSSR count). The molecule has 402 valence electrons. The maximum Gasteiger partial charge on any atom is 0.306 e.